The molecule has 1 aliphatic heterocycles. The second-order valence-corrected chi connectivity index (χ2v) is 10.6. The fourth-order valence-corrected chi connectivity index (χ4v) is 5.94. The molecule has 2 heterocycles. The fraction of sp³-hybridized carbons (Fsp3) is 0.385. The Balaban J connectivity index is 1.50. The van der Waals surface area contributed by atoms with E-state index in [0.717, 1.165) is 16.7 Å². The van der Waals surface area contributed by atoms with E-state index in [1.165, 1.54) is 11.4 Å². The Morgan fingerprint density at radius 1 is 0.730 bits per heavy atom. The zero-order valence-corrected chi connectivity index (χ0v) is 22.8. The monoisotopic (exact) mass is 528 g/mol. The van der Waals surface area contributed by atoms with Crippen LogP contribution in [0.15, 0.2) is 41.3 Å². The van der Waals surface area contributed by atoms with Crippen molar-refractivity contribution >= 4 is 15.8 Å². The Hall–Kier alpha value is -3.57. The van der Waals surface area contributed by atoms with Crippen LogP contribution >= 0.6 is 0 Å². The van der Waals surface area contributed by atoms with Crippen LogP contribution in [0.5, 0.6) is 23.0 Å². The Kier molecular flexibility index (Phi) is 7.74. The van der Waals surface area contributed by atoms with Gasteiger partial charge in [-0.15, -0.1) is 10.2 Å². The Morgan fingerprint density at radius 3 is 1.84 bits per heavy atom. The maximum absolute atomic E-state index is 13.4. The van der Waals surface area contributed by atoms with E-state index in [-0.39, 0.29) is 4.90 Å². The number of rotatable bonds is 8. The van der Waals surface area contributed by atoms with E-state index in [9.17, 15) is 8.42 Å². The quantitative estimate of drug-likeness (QED) is 0.436. The van der Waals surface area contributed by atoms with Gasteiger partial charge in [0.2, 0.25) is 15.8 Å². The molecule has 1 aromatic heterocycles. The highest BCUT2D eigenvalue weighted by Gasteiger charge is 2.31. The van der Waals surface area contributed by atoms with Crippen molar-refractivity contribution in [3.8, 4) is 34.3 Å². The minimum absolute atomic E-state index is 0.195. The van der Waals surface area contributed by atoms with Gasteiger partial charge in [-0.2, -0.15) is 4.31 Å². The molecule has 0 bridgehead atoms. The zero-order chi connectivity index (χ0) is 26.7. The van der Waals surface area contributed by atoms with Crippen LogP contribution < -0.4 is 23.8 Å². The third-order valence-corrected chi connectivity index (χ3v) is 8.49. The molecule has 0 spiro atoms. The standard InChI is InChI=1S/C26H32N4O6S/c1-17-13-21(33-3)24(14-18(17)2)37(31,32)30-11-9-29(10-12-30)25-8-7-20(27-28-25)19-15-22(34-4)26(36-6)23(16-19)35-5/h7-8,13-16H,9-12H2,1-6H3. The van der Waals surface area contributed by atoms with Gasteiger partial charge in [-0.25, -0.2) is 8.42 Å². The Labute approximate surface area is 217 Å². The molecule has 0 amide bonds. The van der Waals surface area contributed by atoms with Crippen molar-refractivity contribution in [3.63, 3.8) is 0 Å². The molecule has 0 radical (unpaired) electrons. The predicted octanol–water partition coefficient (Wildman–Crippen LogP) is 3.31. The molecule has 11 heteroatoms. The first-order chi connectivity index (χ1) is 17.7. The van der Waals surface area contributed by atoms with Crippen molar-refractivity contribution in [1.29, 1.82) is 0 Å². The van der Waals surface area contributed by atoms with E-state index >= 15 is 0 Å². The number of ether oxygens (including phenoxy) is 4. The zero-order valence-electron chi connectivity index (χ0n) is 21.9. The normalized spacial score (nSPS) is 14.4. The average Bonchev–Trinajstić information content (AvgIpc) is 2.93. The van der Waals surface area contributed by atoms with Gasteiger partial charge in [-0.05, 0) is 61.4 Å². The summed E-state index contributed by atoms with van der Waals surface area (Å²) in [5.41, 5.74) is 3.30. The molecule has 198 valence electrons. The number of benzene rings is 2. The first kappa shape index (κ1) is 26.5. The molecule has 37 heavy (non-hydrogen) atoms. The molecule has 1 aliphatic rings. The first-order valence-electron chi connectivity index (χ1n) is 11.8. The van der Waals surface area contributed by atoms with Gasteiger partial charge in [0.05, 0.1) is 34.1 Å². The summed E-state index contributed by atoms with van der Waals surface area (Å²) < 4.78 is 49.9. The number of aryl methyl sites for hydroxylation is 2. The molecule has 3 aromatic rings. The summed E-state index contributed by atoms with van der Waals surface area (Å²) in [6.07, 6.45) is 0. The van der Waals surface area contributed by atoms with Crippen molar-refractivity contribution in [2.24, 2.45) is 0 Å². The predicted molar refractivity (Wildman–Crippen MR) is 141 cm³/mol. The van der Waals surface area contributed by atoms with Gasteiger partial charge < -0.3 is 23.8 Å². The minimum Gasteiger partial charge on any atom is -0.495 e. The molecule has 1 fully saturated rings. The second-order valence-electron chi connectivity index (χ2n) is 8.67. The van der Waals surface area contributed by atoms with E-state index in [2.05, 4.69) is 10.2 Å². The number of hydrogen-bond donors (Lipinski definition) is 0. The molecule has 0 unspecified atom stereocenters. The smallest absolute Gasteiger partial charge is 0.246 e. The molecular weight excluding hydrogens is 496 g/mol. The van der Waals surface area contributed by atoms with Crippen molar-refractivity contribution in [1.82, 2.24) is 14.5 Å². The van der Waals surface area contributed by atoms with Gasteiger partial charge in [-0.3, -0.25) is 0 Å². The molecule has 10 nitrogen and oxygen atoms in total. The van der Waals surface area contributed by atoms with E-state index in [1.54, 1.807) is 33.5 Å². The van der Waals surface area contributed by atoms with Gasteiger partial charge in [0.1, 0.15) is 10.6 Å². The number of nitrogens with zero attached hydrogens (tertiary/aromatic N) is 4. The number of methoxy groups -OCH3 is 4. The van der Waals surface area contributed by atoms with Crippen molar-refractivity contribution in [2.45, 2.75) is 18.7 Å². The summed E-state index contributed by atoms with van der Waals surface area (Å²) in [7, 11) is 2.46. The SMILES string of the molecule is COc1cc(C)c(C)cc1S(=O)(=O)N1CCN(c2ccc(-c3cc(OC)c(OC)c(OC)c3)nn2)CC1. The third-order valence-electron chi connectivity index (χ3n) is 6.57. The summed E-state index contributed by atoms with van der Waals surface area (Å²) in [6, 6.07) is 10.8. The summed E-state index contributed by atoms with van der Waals surface area (Å²) >= 11 is 0. The third kappa shape index (κ3) is 5.14. The lowest BCUT2D eigenvalue weighted by atomic mass is 10.1. The summed E-state index contributed by atoms with van der Waals surface area (Å²) in [4.78, 5) is 2.22. The molecule has 1 saturated heterocycles. The Bertz CT molecular complexity index is 1350. The average molecular weight is 529 g/mol. The van der Waals surface area contributed by atoms with Crippen molar-refractivity contribution < 1.29 is 27.4 Å². The lowest BCUT2D eigenvalue weighted by Crippen LogP contribution is -2.49. The van der Waals surface area contributed by atoms with Crippen LogP contribution in [0.1, 0.15) is 11.1 Å². The van der Waals surface area contributed by atoms with Crippen molar-refractivity contribution in [3.05, 3.63) is 47.5 Å². The van der Waals surface area contributed by atoms with Crippen LogP contribution in [0.2, 0.25) is 0 Å². The number of sulfonamides is 1. The lowest BCUT2D eigenvalue weighted by molar-refractivity contribution is 0.324. The van der Waals surface area contributed by atoms with E-state index in [1.807, 2.05) is 43.0 Å². The number of hydrogen-bond acceptors (Lipinski definition) is 9. The number of anilines is 1. The van der Waals surface area contributed by atoms with Crippen LogP contribution in [0.4, 0.5) is 5.82 Å². The molecule has 2 aromatic carbocycles. The molecule has 0 saturated carbocycles. The minimum atomic E-state index is -3.70. The van der Waals surface area contributed by atoms with Gasteiger partial charge in [0.15, 0.2) is 17.3 Å². The highest BCUT2D eigenvalue weighted by atomic mass is 32.2. The van der Waals surface area contributed by atoms with Gasteiger partial charge in [0, 0.05) is 31.7 Å². The highest BCUT2D eigenvalue weighted by Crippen LogP contribution is 2.41. The van der Waals surface area contributed by atoms with Gasteiger partial charge in [0.25, 0.3) is 0 Å². The maximum atomic E-state index is 13.4. The Morgan fingerprint density at radius 2 is 1.32 bits per heavy atom. The molecule has 4 rings (SSSR count). The van der Waals surface area contributed by atoms with Crippen LogP contribution in [0.3, 0.4) is 0 Å². The summed E-state index contributed by atoms with van der Waals surface area (Å²) in [5.74, 6) is 2.60. The molecule has 0 aliphatic carbocycles. The topological polar surface area (TPSA) is 103 Å². The largest absolute Gasteiger partial charge is 0.495 e. The van der Waals surface area contributed by atoms with Crippen molar-refractivity contribution in [2.75, 3.05) is 59.5 Å². The van der Waals surface area contributed by atoms with Gasteiger partial charge in [-0.1, -0.05) is 0 Å². The van der Waals surface area contributed by atoms with E-state index in [0.29, 0.717) is 60.7 Å². The molecule has 0 N–H and O–H groups in total. The second kappa shape index (κ2) is 10.8. The number of piperazine rings is 1. The molecular formula is C26H32N4O6S. The van der Waals surface area contributed by atoms with Gasteiger partial charge >= 0.3 is 0 Å². The number of aromatic nitrogens is 2. The van der Waals surface area contributed by atoms with Crippen LogP contribution in [0, 0.1) is 13.8 Å². The molecule has 0 atom stereocenters. The van der Waals surface area contributed by atoms with Crippen LogP contribution in [0.25, 0.3) is 11.3 Å². The first-order valence-corrected chi connectivity index (χ1v) is 13.2. The van der Waals surface area contributed by atoms with E-state index < -0.39 is 10.0 Å². The van der Waals surface area contributed by atoms with E-state index in [4.69, 9.17) is 18.9 Å². The lowest BCUT2D eigenvalue weighted by Gasteiger charge is -2.34. The van der Waals surface area contributed by atoms with Crippen LogP contribution in [-0.2, 0) is 10.0 Å². The summed E-state index contributed by atoms with van der Waals surface area (Å²) in [6.45, 7) is 5.46. The highest BCUT2D eigenvalue weighted by molar-refractivity contribution is 7.89. The summed E-state index contributed by atoms with van der Waals surface area (Å²) in [5, 5.41) is 8.80. The maximum Gasteiger partial charge on any atom is 0.246 e. The van der Waals surface area contributed by atoms with Crippen LogP contribution in [-0.4, -0.2) is 77.5 Å². The fourth-order valence-electron chi connectivity index (χ4n) is 4.30.